The van der Waals surface area contributed by atoms with E-state index in [1.54, 1.807) is 18.5 Å². The van der Waals surface area contributed by atoms with Crippen molar-refractivity contribution in [3.05, 3.63) is 100 Å². The lowest BCUT2D eigenvalue weighted by Crippen LogP contribution is -2.36. The summed E-state index contributed by atoms with van der Waals surface area (Å²) in [4.78, 5) is 32.0. The van der Waals surface area contributed by atoms with Gasteiger partial charge in [0.15, 0.2) is 0 Å². The van der Waals surface area contributed by atoms with Crippen LogP contribution in [0.1, 0.15) is 30.2 Å². The molecule has 0 atom stereocenters. The minimum Gasteiger partial charge on any atom is -0.372 e. The molecule has 0 saturated heterocycles. The maximum atomic E-state index is 13.0. The first kappa shape index (κ1) is 24.1. The summed E-state index contributed by atoms with van der Waals surface area (Å²) < 4.78 is 1.28. The van der Waals surface area contributed by atoms with Crippen LogP contribution in [0, 0.1) is 6.92 Å². The minimum absolute atomic E-state index is 0.109. The quantitative estimate of drug-likeness (QED) is 0.358. The number of hydrogen-bond acceptors (Lipinski definition) is 5. The van der Waals surface area contributed by atoms with Crippen molar-refractivity contribution in [1.82, 2.24) is 20.1 Å². The summed E-state index contributed by atoms with van der Waals surface area (Å²) in [6.45, 7) is 6.37. The van der Waals surface area contributed by atoms with E-state index in [1.165, 1.54) is 15.9 Å². The molecule has 0 aliphatic carbocycles. The predicted octanol–water partition coefficient (Wildman–Crippen LogP) is 3.72. The molecule has 2 heterocycles. The van der Waals surface area contributed by atoms with Gasteiger partial charge in [-0.1, -0.05) is 30.3 Å². The Kier molecular flexibility index (Phi) is 7.88. The summed E-state index contributed by atoms with van der Waals surface area (Å²) in [5.41, 5.74) is 3.96. The van der Waals surface area contributed by atoms with Crippen LogP contribution in [0.4, 0.5) is 5.69 Å². The maximum Gasteiger partial charge on any atom is 0.275 e. The maximum absolute atomic E-state index is 13.0. The summed E-state index contributed by atoms with van der Waals surface area (Å²) in [6.07, 6.45) is 4.83. The zero-order valence-electron chi connectivity index (χ0n) is 20.3. The van der Waals surface area contributed by atoms with Crippen LogP contribution in [-0.4, -0.2) is 40.3 Å². The van der Waals surface area contributed by atoms with E-state index in [-0.39, 0.29) is 18.0 Å². The van der Waals surface area contributed by atoms with Crippen molar-refractivity contribution in [2.45, 2.75) is 33.2 Å². The summed E-state index contributed by atoms with van der Waals surface area (Å²) in [6, 6.07) is 19.7. The molecule has 7 heteroatoms. The molecule has 0 aliphatic rings. The molecule has 1 N–H and O–H groups in total. The number of anilines is 1. The van der Waals surface area contributed by atoms with Crippen molar-refractivity contribution >= 4 is 22.4 Å². The second kappa shape index (κ2) is 11.4. The summed E-state index contributed by atoms with van der Waals surface area (Å²) in [5, 5.41) is 8.89. The molecular weight excluding hydrogens is 438 g/mol. The van der Waals surface area contributed by atoms with Gasteiger partial charge in [-0.15, -0.1) is 0 Å². The Morgan fingerprint density at radius 2 is 1.80 bits per heavy atom. The third kappa shape index (κ3) is 6.12. The highest BCUT2D eigenvalue weighted by Crippen LogP contribution is 2.17. The van der Waals surface area contributed by atoms with Crippen LogP contribution < -0.4 is 15.8 Å². The van der Waals surface area contributed by atoms with Crippen molar-refractivity contribution in [1.29, 1.82) is 0 Å². The average molecular weight is 470 g/mol. The van der Waals surface area contributed by atoms with Crippen LogP contribution in [0.3, 0.4) is 0 Å². The molecule has 1 amide bonds. The second-order valence-electron chi connectivity index (χ2n) is 8.61. The number of benzene rings is 2. The smallest absolute Gasteiger partial charge is 0.275 e. The summed E-state index contributed by atoms with van der Waals surface area (Å²) >= 11 is 0. The fraction of sp³-hybridized carbons (Fsp3) is 0.286. The van der Waals surface area contributed by atoms with E-state index in [1.807, 2.05) is 30.3 Å². The lowest BCUT2D eigenvalue weighted by molar-refractivity contribution is -0.121. The molecule has 0 fully saturated rings. The fourth-order valence-electron chi connectivity index (χ4n) is 4.22. The van der Waals surface area contributed by atoms with Gasteiger partial charge in [-0.25, -0.2) is 4.68 Å². The molecule has 7 nitrogen and oxygen atoms in total. The van der Waals surface area contributed by atoms with Gasteiger partial charge in [0, 0.05) is 49.5 Å². The normalized spacial score (nSPS) is 10.9. The molecule has 2 aromatic heterocycles. The van der Waals surface area contributed by atoms with Crippen LogP contribution in [-0.2, 0) is 17.8 Å². The molecule has 180 valence electrons. The zero-order chi connectivity index (χ0) is 24.6. The van der Waals surface area contributed by atoms with Gasteiger partial charge in [-0.2, -0.15) is 5.10 Å². The molecular formula is C28H31N5O2. The van der Waals surface area contributed by atoms with Gasteiger partial charge in [-0.3, -0.25) is 14.6 Å². The number of nitrogens with zero attached hydrogens (tertiary/aromatic N) is 4. The number of aromatic nitrogens is 3. The number of rotatable bonds is 10. The van der Waals surface area contributed by atoms with E-state index in [0.717, 1.165) is 36.2 Å². The molecule has 0 radical (unpaired) electrons. The number of carbonyl (C=O) groups excluding carboxylic acids is 1. The molecule has 0 spiro atoms. The van der Waals surface area contributed by atoms with Crippen LogP contribution in [0.5, 0.6) is 0 Å². The Morgan fingerprint density at radius 1 is 1.03 bits per heavy atom. The van der Waals surface area contributed by atoms with Crippen molar-refractivity contribution in [2.75, 3.05) is 24.5 Å². The zero-order valence-corrected chi connectivity index (χ0v) is 20.3. The lowest BCUT2D eigenvalue weighted by atomic mass is 10.1. The van der Waals surface area contributed by atoms with Crippen molar-refractivity contribution in [3.8, 4) is 0 Å². The number of amides is 1. The molecule has 0 unspecified atom stereocenters. The number of nitrogens with one attached hydrogen (secondary N) is 1. The summed E-state index contributed by atoms with van der Waals surface area (Å²) in [7, 11) is 0. The van der Waals surface area contributed by atoms with Crippen LogP contribution >= 0.6 is 0 Å². The van der Waals surface area contributed by atoms with Gasteiger partial charge in [0.05, 0.1) is 11.1 Å². The van der Waals surface area contributed by atoms with Crippen molar-refractivity contribution in [2.24, 2.45) is 0 Å². The van der Waals surface area contributed by atoms with Crippen LogP contribution in [0.15, 0.2) is 77.9 Å². The number of pyridine rings is 1. The number of fused-ring (bicyclic) bond motifs is 1. The Hall–Kier alpha value is -4.00. The SMILES string of the molecule is CCN(CCCNC(=O)Cn1nc(Cc2ccncc2)c2ccccc2c1=O)c1cccc(C)c1. The van der Waals surface area contributed by atoms with E-state index in [9.17, 15) is 9.59 Å². The van der Waals surface area contributed by atoms with Crippen molar-refractivity contribution in [3.63, 3.8) is 0 Å². The highest BCUT2D eigenvalue weighted by atomic mass is 16.2. The van der Waals surface area contributed by atoms with Crippen molar-refractivity contribution < 1.29 is 4.79 Å². The predicted molar refractivity (Wildman–Crippen MR) is 140 cm³/mol. The average Bonchev–Trinajstić information content (AvgIpc) is 2.87. The molecule has 35 heavy (non-hydrogen) atoms. The van der Waals surface area contributed by atoms with E-state index in [4.69, 9.17) is 0 Å². The third-order valence-electron chi connectivity index (χ3n) is 6.03. The Morgan fingerprint density at radius 3 is 2.54 bits per heavy atom. The highest BCUT2D eigenvalue weighted by Gasteiger charge is 2.13. The first-order valence-electron chi connectivity index (χ1n) is 12.0. The molecule has 0 saturated carbocycles. The molecule has 4 aromatic rings. The highest BCUT2D eigenvalue weighted by molar-refractivity contribution is 5.84. The molecule has 0 aliphatic heterocycles. The van der Waals surface area contributed by atoms with Gasteiger partial charge in [0.25, 0.3) is 5.56 Å². The van der Waals surface area contributed by atoms with Crippen LogP contribution in [0.2, 0.25) is 0 Å². The monoisotopic (exact) mass is 469 g/mol. The topological polar surface area (TPSA) is 80.1 Å². The number of hydrogen-bond donors (Lipinski definition) is 1. The van der Waals surface area contributed by atoms with E-state index < -0.39 is 0 Å². The second-order valence-corrected chi connectivity index (χ2v) is 8.61. The summed E-state index contributed by atoms with van der Waals surface area (Å²) in [5.74, 6) is -0.219. The fourth-order valence-corrected chi connectivity index (χ4v) is 4.22. The Balaban J connectivity index is 1.41. The first-order chi connectivity index (χ1) is 17.0. The molecule has 4 rings (SSSR count). The van der Waals surface area contributed by atoms with E-state index in [0.29, 0.717) is 18.4 Å². The Labute approximate surface area is 205 Å². The van der Waals surface area contributed by atoms with Gasteiger partial charge in [0.2, 0.25) is 5.91 Å². The van der Waals surface area contributed by atoms with Gasteiger partial charge < -0.3 is 10.2 Å². The first-order valence-corrected chi connectivity index (χ1v) is 12.0. The third-order valence-corrected chi connectivity index (χ3v) is 6.03. The number of aryl methyl sites for hydroxylation is 1. The molecule has 0 bridgehead atoms. The standard InChI is InChI=1S/C28H31N5O2/c1-3-32(23-9-6-8-21(2)18-23)17-7-14-30-27(34)20-33-28(35)25-11-5-4-10-24(25)26(31-33)19-22-12-15-29-16-13-22/h4-6,8-13,15-16,18H,3,7,14,17,19-20H2,1-2H3,(H,30,34). The van der Waals surface area contributed by atoms with E-state index in [2.05, 4.69) is 58.4 Å². The minimum atomic E-state index is -0.258. The lowest BCUT2D eigenvalue weighted by Gasteiger charge is -2.23. The molecule has 2 aromatic carbocycles. The van der Waals surface area contributed by atoms with Gasteiger partial charge in [-0.05, 0) is 61.7 Å². The Bertz CT molecular complexity index is 1350. The van der Waals surface area contributed by atoms with Gasteiger partial charge in [0.1, 0.15) is 6.54 Å². The number of carbonyl (C=O) groups is 1. The van der Waals surface area contributed by atoms with Crippen LogP contribution in [0.25, 0.3) is 10.8 Å². The van der Waals surface area contributed by atoms with Gasteiger partial charge >= 0.3 is 0 Å². The largest absolute Gasteiger partial charge is 0.372 e. The van der Waals surface area contributed by atoms with E-state index >= 15 is 0 Å².